The predicted octanol–water partition coefficient (Wildman–Crippen LogP) is 3.75. The molecule has 134 valence electrons. The summed E-state index contributed by atoms with van der Waals surface area (Å²) < 4.78 is 27.4. The van der Waals surface area contributed by atoms with E-state index in [1.807, 2.05) is 24.3 Å². The van der Waals surface area contributed by atoms with Crippen LogP contribution in [0.1, 0.15) is 11.6 Å². The van der Waals surface area contributed by atoms with Gasteiger partial charge in [0.05, 0.1) is 10.9 Å². The van der Waals surface area contributed by atoms with E-state index in [4.69, 9.17) is 0 Å². The van der Waals surface area contributed by atoms with Gasteiger partial charge in [-0.3, -0.25) is 4.79 Å². The van der Waals surface area contributed by atoms with Crippen molar-refractivity contribution in [3.05, 3.63) is 78.4 Å². The van der Waals surface area contributed by atoms with E-state index in [-0.39, 0.29) is 4.90 Å². The zero-order valence-corrected chi connectivity index (χ0v) is 16.5. The molecule has 0 spiro atoms. The number of sulfonamides is 1. The van der Waals surface area contributed by atoms with Gasteiger partial charge in [-0.2, -0.15) is 0 Å². The van der Waals surface area contributed by atoms with E-state index in [9.17, 15) is 18.3 Å². The molecule has 0 saturated heterocycles. The summed E-state index contributed by atoms with van der Waals surface area (Å²) in [6.45, 7) is 0. The normalized spacial score (nSPS) is 14.0. The molecule has 0 amide bonds. The van der Waals surface area contributed by atoms with Gasteiger partial charge in [-0.15, -0.1) is 0 Å². The summed E-state index contributed by atoms with van der Waals surface area (Å²) in [6, 6.07) is 20.1. The summed E-state index contributed by atoms with van der Waals surface area (Å²) >= 11 is 1.74. The molecule has 3 rings (SSSR count). The van der Waals surface area contributed by atoms with E-state index in [2.05, 4.69) is 4.72 Å². The van der Waals surface area contributed by atoms with Crippen molar-refractivity contribution >= 4 is 49.4 Å². The summed E-state index contributed by atoms with van der Waals surface area (Å²) in [5.41, 5.74) is 0.596. The van der Waals surface area contributed by atoms with Crippen molar-refractivity contribution in [2.24, 2.45) is 0 Å². The minimum Gasteiger partial charge on any atom is -0.480 e. The number of alkyl halides is 1. The summed E-state index contributed by atoms with van der Waals surface area (Å²) in [5.74, 6) is -1.08. The quantitative estimate of drug-likeness (QED) is 0.415. The molecule has 0 aliphatic rings. The molecule has 7 heteroatoms. The van der Waals surface area contributed by atoms with Gasteiger partial charge in [-0.1, -0.05) is 83.3 Å². The molecule has 0 fully saturated rings. The number of carbonyl (C=O) groups is 1. The van der Waals surface area contributed by atoms with Crippen molar-refractivity contribution in [1.29, 1.82) is 0 Å². The molecule has 5 nitrogen and oxygen atoms in total. The lowest BCUT2D eigenvalue weighted by Crippen LogP contribution is -2.37. The Morgan fingerprint density at radius 2 is 1.54 bits per heavy atom. The highest BCUT2D eigenvalue weighted by molar-refractivity contribution is 14.1. The molecule has 26 heavy (non-hydrogen) atoms. The second-order valence-corrected chi connectivity index (χ2v) is 8.81. The van der Waals surface area contributed by atoms with Gasteiger partial charge < -0.3 is 5.11 Å². The van der Waals surface area contributed by atoms with Gasteiger partial charge in [0.2, 0.25) is 10.0 Å². The van der Waals surface area contributed by atoms with E-state index in [1.165, 1.54) is 6.07 Å². The maximum absolute atomic E-state index is 12.9. The Morgan fingerprint density at radius 1 is 0.923 bits per heavy atom. The first-order chi connectivity index (χ1) is 12.4. The minimum absolute atomic E-state index is 0.103. The number of carboxylic acids is 1. The fourth-order valence-corrected chi connectivity index (χ4v) is 4.78. The Morgan fingerprint density at radius 3 is 2.19 bits per heavy atom. The van der Waals surface area contributed by atoms with Crippen molar-refractivity contribution in [2.75, 3.05) is 0 Å². The SMILES string of the molecule is O=C(O)C(I)C(NS(=O)(=O)c1ccc2ccccc2c1)c1ccccc1. The lowest BCUT2D eigenvalue weighted by Gasteiger charge is -2.22. The third kappa shape index (κ3) is 4.05. The summed E-state index contributed by atoms with van der Waals surface area (Å²) in [7, 11) is -3.90. The van der Waals surface area contributed by atoms with Crippen LogP contribution in [0.4, 0.5) is 0 Å². The average Bonchev–Trinajstić information content (AvgIpc) is 2.65. The van der Waals surface area contributed by atoms with Crippen LogP contribution in [0.5, 0.6) is 0 Å². The smallest absolute Gasteiger partial charge is 0.318 e. The Hall–Kier alpha value is -1.97. The molecule has 2 atom stereocenters. The van der Waals surface area contributed by atoms with Crippen LogP contribution in [0.3, 0.4) is 0 Å². The molecule has 0 saturated carbocycles. The molecule has 0 aliphatic heterocycles. The van der Waals surface area contributed by atoms with Crippen LogP contribution in [0.25, 0.3) is 10.8 Å². The number of carboxylic acid groups (broad SMARTS) is 1. The Balaban J connectivity index is 1.99. The molecule has 0 radical (unpaired) electrons. The third-order valence-corrected chi connectivity index (χ3v) is 6.69. The van der Waals surface area contributed by atoms with Gasteiger partial charge in [0.1, 0.15) is 3.92 Å². The Bertz CT molecular complexity index is 1040. The molecule has 0 heterocycles. The molecular weight excluding hydrogens is 465 g/mol. The number of rotatable bonds is 6. The maximum Gasteiger partial charge on any atom is 0.318 e. The number of fused-ring (bicyclic) bond motifs is 1. The third-order valence-electron chi connectivity index (χ3n) is 4.00. The second kappa shape index (κ2) is 7.73. The first-order valence-corrected chi connectivity index (χ1v) is 10.5. The lowest BCUT2D eigenvalue weighted by atomic mass is 10.1. The molecule has 0 aliphatic carbocycles. The lowest BCUT2D eigenvalue weighted by molar-refractivity contribution is -0.136. The van der Waals surface area contributed by atoms with Crippen molar-refractivity contribution < 1.29 is 18.3 Å². The van der Waals surface area contributed by atoms with E-state index in [1.54, 1.807) is 65.1 Å². The Labute approximate surface area is 165 Å². The van der Waals surface area contributed by atoms with Crippen LogP contribution in [0, 0.1) is 0 Å². The largest absolute Gasteiger partial charge is 0.480 e. The van der Waals surface area contributed by atoms with Crippen molar-refractivity contribution in [1.82, 2.24) is 4.72 Å². The van der Waals surface area contributed by atoms with Crippen LogP contribution in [-0.2, 0) is 14.8 Å². The van der Waals surface area contributed by atoms with Crippen LogP contribution < -0.4 is 4.72 Å². The molecular formula is C19H16INO4S. The van der Waals surface area contributed by atoms with E-state index in [0.29, 0.717) is 5.56 Å². The first-order valence-electron chi connectivity index (χ1n) is 7.81. The van der Waals surface area contributed by atoms with Gasteiger partial charge in [0, 0.05) is 0 Å². The topological polar surface area (TPSA) is 83.5 Å². The maximum atomic E-state index is 12.9. The minimum atomic E-state index is -3.90. The van der Waals surface area contributed by atoms with Gasteiger partial charge in [0.15, 0.2) is 0 Å². The molecule has 2 N–H and O–H groups in total. The molecule has 0 aromatic heterocycles. The van der Waals surface area contributed by atoms with E-state index >= 15 is 0 Å². The molecule has 3 aromatic carbocycles. The van der Waals surface area contributed by atoms with Crippen LogP contribution in [0.2, 0.25) is 0 Å². The second-order valence-electron chi connectivity index (χ2n) is 5.76. The number of nitrogens with one attached hydrogen (secondary N) is 1. The van der Waals surface area contributed by atoms with Crippen LogP contribution in [-0.4, -0.2) is 23.4 Å². The summed E-state index contributed by atoms with van der Waals surface area (Å²) in [4.78, 5) is 11.6. The fourth-order valence-electron chi connectivity index (χ4n) is 2.67. The molecule has 3 aromatic rings. The monoisotopic (exact) mass is 481 g/mol. The van der Waals surface area contributed by atoms with Crippen LogP contribution in [0.15, 0.2) is 77.7 Å². The zero-order valence-electron chi connectivity index (χ0n) is 13.5. The van der Waals surface area contributed by atoms with Gasteiger partial charge in [0.25, 0.3) is 0 Å². The standard InChI is InChI=1S/C19H16INO4S/c20-17(19(22)23)18(14-7-2-1-3-8-14)21-26(24,25)16-11-10-13-6-4-5-9-15(13)12-16/h1-12,17-18,21H,(H,22,23). The van der Waals surface area contributed by atoms with E-state index in [0.717, 1.165) is 10.8 Å². The first kappa shape index (κ1) is 18.8. The van der Waals surface area contributed by atoms with Crippen molar-refractivity contribution in [3.8, 4) is 0 Å². The van der Waals surface area contributed by atoms with Gasteiger partial charge in [-0.25, -0.2) is 13.1 Å². The summed E-state index contributed by atoms with van der Waals surface area (Å²) in [5, 5.41) is 11.1. The van der Waals surface area contributed by atoms with Crippen molar-refractivity contribution in [3.63, 3.8) is 0 Å². The number of hydrogen-bond acceptors (Lipinski definition) is 3. The average molecular weight is 481 g/mol. The molecule has 2 unspecified atom stereocenters. The van der Waals surface area contributed by atoms with E-state index < -0.39 is 26.0 Å². The number of aliphatic carboxylic acids is 1. The highest BCUT2D eigenvalue weighted by Crippen LogP contribution is 2.27. The van der Waals surface area contributed by atoms with Gasteiger partial charge in [-0.05, 0) is 28.5 Å². The fraction of sp³-hybridized carbons (Fsp3) is 0.105. The number of halogens is 1. The number of benzene rings is 3. The zero-order chi connectivity index (χ0) is 18.7. The predicted molar refractivity (Wildman–Crippen MR) is 109 cm³/mol. The highest BCUT2D eigenvalue weighted by atomic mass is 127. The van der Waals surface area contributed by atoms with Gasteiger partial charge >= 0.3 is 5.97 Å². The number of hydrogen-bond donors (Lipinski definition) is 2. The van der Waals surface area contributed by atoms with Crippen LogP contribution >= 0.6 is 22.6 Å². The van der Waals surface area contributed by atoms with Crippen molar-refractivity contribution in [2.45, 2.75) is 14.9 Å². The highest BCUT2D eigenvalue weighted by Gasteiger charge is 2.31. The summed E-state index contributed by atoms with van der Waals surface area (Å²) in [6.07, 6.45) is 0. The Kier molecular flexibility index (Phi) is 5.59. The molecule has 0 bridgehead atoms.